The van der Waals surface area contributed by atoms with Crippen molar-refractivity contribution < 1.29 is 23.8 Å². The van der Waals surface area contributed by atoms with E-state index in [1.54, 1.807) is 42.5 Å². The van der Waals surface area contributed by atoms with Gasteiger partial charge < -0.3 is 30.6 Å². The molecule has 4 N–H and O–H groups in total. The minimum Gasteiger partial charge on any atom is -0.486 e. The van der Waals surface area contributed by atoms with Crippen molar-refractivity contribution in [1.82, 2.24) is 0 Å². The largest absolute Gasteiger partial charge is 0.486 e. The van der Waals surface area contributed by atoms with Crippen LogP contribution in [-0.4, -0.2) is 44.8 Å². The molecule has 1 unspecified atom stereocenters. The number of hydrogen-bond donors (Lipinski definition) is 3. The van der Waals surface area contributed by atoms with Gasteiger partial charge in [0.2, 0.25) is 5.91 Å². The molecular weight excluding hydrogens is 386 g/mol. The summed E-state index contributed by atoms with van der Waals surface area (Å²) in [5.41, 5.74) is 6.96. The lowest BCUT2D eigenvalue weighted by Crippen LogP contribution is -2.39. The van der Waals surface area contributed by atoms with E-state index >= 15 is 0 Å². The molecule has 0 saturated heterocycles. The molecule has 150 valence electrons. The summed E-state index contributed by atoms with van der Waals surface area (Å²) in [5, 5.41) is 5.46. The van der Waals surface area contributed by atoms with E-state index in [2.05, 4.69) is 10.6 Å². The molecule has 1 aliphatic heterocycles. The molecule has 1 atom stereocenters. The van der Waals surface area contributed by atoms with Gasteiger partial charge in [0.25, 0.3) is 5.91 Å². The zero-order valence-electron chi connectivity index (χ0n) is 15.3. The summed E-state index contributed by atoms with van der Waals surface area (Å²) in [7, 11) is 1.46. The normalized spacial score (nSPS) is 13.1. The van der Waals surface area contributed by atoms with Gasteiger partial charge in [0.15, 0.2) is 11.5 Å². The lowest BCUT2D eigenvalue weighted by Gasteiger charge is -2.19. The summed E-state index contributed by atoms with van der Waals surface area (Å²) in [6, 6.07) is 11.0. The number of methoxy groups -OCH3 is 1. The van der Waals surface area contributed by atoms with Gasteiger partial charge in [-0.05, 0) is 24.3 Å². The van der Waals surface area contributed by atoms with E-state index in [9.17, 15) is 9.59 Å². The molecule has 0 bridgehead atoms. The third kappa shape index (κ3) is 5.13. The SMILES string of the molecule is COCC(N)C(=O)Nc1ccccc1C(=O)Nc1ccc2c(c1)OCCO2.Cl. The monoisotopic (exact) mass is 407 g/mol. The molecule has 9 heteroatoms. The van der Waals surface area contributed by atoms with Crippen molar-refractivity contribution in [2.24, 2.45) is 5.73 Å². The zero-order valence-corrected chi connectivity index (χ0v) is 16.1. The Morgan fingerprint density at radius 1 is 1.11 bits per heavy atom. The molecule has 0 aliphatic carbocycles. The number of amides is 2. The van der Waals surface area contributed by atoms with Crippen LogP contribution in [0.1, 0.15) is 10.4 Å². The number of nitrogens with two attached hydrogens (primary N) is 1. The molecule has 2 amide bonds. The molecule has 0 saturated carbocycles. The number of fused-ring (bicyclic) bond motifs is 1. The Hall–Kier alpha value is -2.81. The number of carbonyl (C=O) groups excluding carboxylic acids is 2. The average molecular weight is 408 g/mol. The zero-order chi connectivity index (χ0) is 19.2. The van der Waals surface area contributed by atoms with Gasteiger partial charge in [0.05, 0.1) is 17.9 Å². The summed E-state index contributed by atoms with van der Waals surface area (Å²) in [6.45, 7) is 1.04. The standard InChI is InChI=1S/C19H21N3O5.ClH/c1-25-11-14(20)19(24)22-15-5-3-2-4-13(15)18(23)21-12-6-7-16-17(10-12)27-9-8-26-16;/h2-7,10,14H,8-9,11,20H2,1H3,(H,21,23)(H,22,24);1H. The minimum absolute atomic E-state index is 0. The van der Waals surface area contributed by atoms with Gasteiger partial charge in [-0.15, -0.1) is 12.4 Å². The summed E-state index contributed by atoms with van der Waals surface area (Å²) in [6.07, 6.45) is 0. The quantitative estimate of drug-likeness (QED) is 0.675. The lowest BCUT2D eigenvalue weighted by atomic mass is 10.1. The number of rotatable bonds is 6. The number of carbonyl (C=O) groups is 2. The highest BCUT2D eigenvalue weighted by molar-refractivity contribution is 6.10. The Kier molecular flexibility index (Phi) is 7.62. The molecule has 2 aromatic carbocycles. The Bertz CT molecular complexity index is 846. The molecule has 8 nitrogen and oxygen atoms in total. The van der Waals surface area contributed by atoms with E-state index < -0.39 is 11.9 Å². The predicted octanol–water partition coefficient (Wildman–Crippen LogP) is 2.04. The number of hydrogen-bond acceptors (Lipinski definition) is 6. The second-order valence-electron chi connectivity index (χ2n) is 5.91. The fourth-order valence-electron chi connectivity index (χ4n) is 2.59. The second kappa shape index (κ2) is 9.93. The number of ether oxygens (including phenoxy) is 3. The van der Waals surface area contributed by atoms with E-state index in [1.165, 1.54) is 7.11 Å². The summed E-state index contributed by atoms with van der Waals surface area (Å²) >= 11 is 0. The van der Waals surface area contributed by atoms with Crippen molar-refractivity contribution in [3.63, 3.8) is 0 Å². The highest BCUT2D eigenvalue weighted by atomic mass is 35.5. The topological polar surface area (TPSA) is 112 Å². The summed E-state index contributed by atoms with van der Waals surface area (Å²) in [4.78, 5) is 24.8. The van der Waals surface area contributed by atoms with Crippen LogP contribution in [0.4, 0.5) is 11.4 Å². The van der Waals surface area contributed by atoms with Crippen molar-refractivity contribution in [2.75, 3.05) is 37.6 Å². The third-order valence-corrected chi connectivity index (χ3v) is 3.91. The van der Waals surface area contributed by atoms with Gasteiger partial charge in [0, 0.05) is 18.9 Å². The Labute approximate surface area is 168 Å². The predicted molar refractivity (Wildman–Crippen MR) is 108 cm³/mol. The Morgan fingerprint density at radius 3 is 2.57 bits per heavy atom. The molecule has 28 heavy (non-hydrogen) atoms. The highest BCUT2D eigenvalue weighted by Gasteiger charge is 2.18. The lowest BCUT2D eigenvalue weighted by molar-refractivity contribution is -0.118. The fraction of sp³-hybridized carbons (Fsp3) is 0.263. The van der Waals surface area contributed by atoms with Crippen molar-refractivity contribution >= 4 is 35.6 Å². The first-order valence-electron chi connectivity index (χ1n) is 8.44. The first-order chi connectivity index (χ1) is 13.1. The van der Waals surface area contributed by atoms with Gasteiger partial charge in [-0.1, -0.05) is 12.1 Å². The third-order valence-electron chi connectivity index (χ3n) is 3.91. The Morgan fingerprint density at radius 2 is 1.82 bits per heavy atom. The molecule has 0 spiro atoms. The molecule has 0 radical (unpaired) electrons. The number of halogens is 1. The highest BCUT2D eigenvalue weighted by Crippen LogP contribution is 2.32. The van der Waals surface area contributed by atoms with Gasteiger partial charge in [-0.25, -0.2) is 0 Å². The Balaban J connectivity index is 0.00000280. The van der Waals surface area contributed by atoms with E-state index in [-0.39, 0.29) is 24.9 Å². The maximum atomic E-state index is 12.7. The van der Waals surface area contributed by atoms with Crippen molar-refractivity contribution in [3.8, 4) is 11.5 Å². The van der Waals surface area contributed by atoms with Crippen molar-refractivity contribution in [3.05, 3.63) is 48.0 Å². The van der Waals surface area contributed by atoms with Crippen LogP contribution in [0.2, 0.25) is 0 Å². The number of nitrogens with one attached hydrogen (secondary N) is 2. The van der Waals surface area contributed by atoms with E-state index in [0.29, 0.717) is 41.7 Å². The van der Waals surface area contributed by atoms with Crippen LogP contribution in [0.15, 0.2) is 42.5 Å². The van der Waals surface area contributed by atoms with Crippen molar-refractivity contribution in [1.29, 1.82) is 0 Å². The van der Waals surface area contributed by atoms with Crippen LogP contribution in [0, 0.1) is 0 Å². The smallest absolute Gasteiger partial charge is 0.257 e. The van der Waals surface area contributed by atoms with E-state index in [0.717, 1.165) is 0 Å². The number of para-hydroxylation sites is 1. The second-order valence-corrected chi connectivity index (χ2v) is 5.91. The molecular formula is C19H22ClN3O5. The average Bonchev–Trinajstić information content (AvgIpc) is 2.68. The van der Waals surface area contributed by atoms with E-state index in [1.807, 2.05) is 0 Å². The van der Waals surface area contributed by atoms with Crippen LogP contribution in [-0.2, 0) is 9.53 Å². The van der Waals surface area contributed by atoms with Crippen LogP contribution in [0.3, 0.4) is 0 Å². The van der Waals surface area contributed by atoms with Crippen LogP contribution in [0.5, 0.6) is 11.5 Å². The first-order valence-corrected chi connectivity index (χ1v) is 8.44. The van der Waals surface area contributed by atoms with Crippen LogP contribution in [0.25, 0.3) is 0 Å². The molecule has 3 rings (SSSR count). The van der Waals surface area contributed by atoms with Crippen molar-refractivity contribution in [2.45, 2.75) is 6.04 Å². The van der Waals surface area contributed by atoms with Gasteiger partial charge in [-0.2, -0.15) is 0 Å². The number of benzene rings is 2. The maximum Gasteiger partial charge on any atom is 0.257 e. The summed E-state index contributed by atoms with van der Waals surface area (Å²) < 4.78 is 15.9. The van der Waals surface area contributed by atoms with Gasteiger partial charge in [0.1, 0.15) is 19.3 Å². The molecule has 0 fully saturated rings. The van der Waals surface area contributed by atoms with Crippen LogP contribution < -0.4 is 25.8 Å². The molecule has 2 aromatic rings. The minimum atomic E-state index is -0.830. The van der Waals surface area contributed by atoms with Gasteiger partial charge in [-0.3, -0.25) is 9.59 Å². The van der Waals surface area contributed by atoms with Crippen LogP contribution >= 0.6 is 12.4 Å². The van der Waals surface area contributed by atoms with Gasteiger partial charge >= 0.3 is 0 Å². The molecule has 1 aliphatic rings. The number of anilines is 2. The maximum absolute atomic E-state index is 12.7. The summed E-state index contributed by atoms with van der Waals surface area (Å²) in [5.74, 6) is 0.407. The van der Waals surface area contributed by atoms with E-state index in [4.69, 9.17) is 19.9 Å². The molecule has 1 heterocycles. The first kappa shape index (κ1) is 21.5. The molecule has 0 aromatic heterocycles. The fourth-order valence-corrected chi connectivity index (χ4v) is 2.59.